The lowest BCUT2D eigenvalue weighted by molar-refractivity contribution is -0.115. The van der Waals surface area contributed by atoms with E-state index < -0.39 is 11.2 Å². The third kappa shape index (κ3) is 2.43. The number of ether oxygens (including phenoxy) is 2. The van der Waals surface area contributed by atoms with E-state index in [0.717, 1.165) is 0 Å². The molecule has 0 radical (unpaired) electrons. The smallest absolute Gasteiger partial charge is 0.182 e. The van der Waals surface area contributed by atoms with Gasteiger partial charge in [-0.05, 0) is 11.6 Å². The maximum Gasteiger partial charge on any atom is 0.182 e. The molecule has 1 aliphatic carbocycles. The lowest BCUT2D eigenvalue weighted by Gasteiger charge is -2.33. The summed E-state index contributed by atoms with van der Waals surface area (Å²) in [5.74, 6) is 0.0773. The minimum atomic E-state index is -0.965. The van der Waals surface area contributed by atoms with E-state index in [-0.39, 0.29) is 5.78 Å². The summed E-state index contributed by atoms with van der Waals surface area (Å²) in [6.45, 7) is 2.83. The molecule has 0 aromatic carbocycles. The number of halogens is 2. The van der Waals surface area contributed by atoms with Crippen molar-refractivity contribution >= 4 is 29.0 Å². The van der Waals surface area contributed by atoms with E-state index in [1.54, 1.807) is 12.2 Å². The summed E-state index contributed by atoms with van der Waals surface area (Å²) in [5, 5.41) is 0.457. The second kappa shape index (κ2) is 5.11. The topological polar surface area (TPSA) is 35.5 Å². The van der Waals surface area contributed by atoms with Crippen LogP contribution < -0.4 is 0 Å². The lowest BCUT2D eigenvalue weighted by atomic mass is 9.89. The summed E-state index contributed by atoms with van der Waals surface area (Å²) in [6, 6.07) is 0. The zero-order valence-electron chi connectivity index (χ0n) is 9.54. The molecule has 1 heterocycles. The number of carbonyl (C=O) groups excluding carboxylic acids is 1. The Morgan fingerprint density at radius 1 is 1.47 bits per heavy atom. The Bertz CT molecular complexity index is 383. The van der Waals surface area contributed by atoms with Crippen molar-refractivity contribution in [3.05, 3.63) is 22.8 Å². The van der Waals surface area contributed by atoms with Crippen LogP contribution in [-0.4, -0.2) is 30.2 Å². The second-order valence-corrected chi connectivity index (χ2v) is 5.18. The van der Waals surface area contributed by atoms with E-state index in [4.69, 9.17) is 32.7 Å². The van der Waals surface area contributed by atoms with Gasteiger partial charge in [0, 0.05) is 17.9 Å². The molecular formula is C12H14Cl2O3. The standard InChI is InChI=1S/C12H14Cl2O3/c1-2-9(15)8-3-4-10(13)12(14,7-8)11-16-5-6-17-11/h3-4,11H,2,5-7H2,1H3. The fraction of sp³-hybridized carbons (Fsp3) is 0.583. The first kappa shape index (κ1) is 13.1. The van der Waals surface area contributed by atoms with E-state index in [9.17, 15) is 4.79 Å². The van der Waals surface area contributed by atoms with Crippen LogP contribution in [-0.2, 0) is 14.3 Å². The largest absolute Gasteiger partial charge is 0.348 e. The van der Waals surface area contributed by atoms with Crippen molar-refractivity contribution in [2.45, 2.75) is 30.9 Å². The number of hydrogen-bond donors (Lipinski definition) is 0. The van der Waals surface area contributed by atoms with Crippen LogP contribution in [0.25, 0.3) is 0 Å². The normalized spacial score (nSPS) is 30.1. The first-order valence-electron chi connectivity index (χ1n) is 5.60. The van der Waals surface area contributed by atoms with Crippen molar-refractivity contribution in [3.63, 3.8) is 0 Å². The molecule has 0 aromatic rings. The van der Waals surface area contributed by atoms with Crippen molar-refractivity contribution in [1.82, 2.24) is 0 Å². The minimum Gasteiger partial charge on any atom is -0.348 e. The maximum absolute atomic E-state index is 11.7. The highest BCUT2D eigenvalue weighted by Gasteiger charge is 2.46. The van der Waals surface area contributed by atoms with Crippen LogP contribution in [0.2, 0.25) is 0 Å². The van der Waals surface area contributed by atoms with Crippen LogP contribution in [0.4, 0.5) is 0 Å². The quantitative estimate of drug-likeness (QED) is 0.744. The fourth-order valence-electron chi connectivity index (χ4n) is 1.97. The summed E-state index contributed by atoms with van der Waals surface area (Å²) in [7, 11) is 0. The van der Waals surface area contributed by atoms with Gasteiger partial charge in [-0.3, -0.25) is 4.79 Å². The molecule has 0 spiro atoms. The SMILES string of the molecule is CCC(=O)C1=CC=C(Cl)C(Cl)(C2OCCO2)C1. The van der Waals surface area contributed by atoms with Gasteiger partial charge in [0.25, 0.3) is 0 Å². The average molecular weight is 277 g/mol. The van der Waals surface area contributed by atoms with Crippen LogP contribution in [0.5, 0.6) is 0 Å². The van der Waals surface area contributed by atoms with Crippen molar-refractivity contribution in [2.75, 3.05) is 13.2 Å². The van der Waals surface area contributed by atoms with Gasteiger partial charge in [0.1, 0.15) is 4.87 Å². The number of ketones is 1. The molecule has 0 saturated carbocycles. The molecule has 94 valence electrons. The molecule has 0 bridgehead atoms. The van der Waals surface area contributed by atoms with Gasteiger partial charge in [-0.15, -0.1) is 11.6 Å². The van der Waals surface area contributed by atoms with Gasteiger partial charge in [-0.25, -0.2) is 0 Å². The number of carbonyl (C=O) groups is 1. The summed E-state index contributed by atoms with van der Waals surface area (Å²) in [4.78, 5) is 10.7. The molecule has 1 atom stereocenters. The Hall–Kier alpha value is -0.350. The number of alkyl halides is 1. The summed E-state index contributed by atoms with van der Waals surface area (Å²) in [6.07, 6.45) is 3.61. The van der Waals surface area contributed by atoms with E-state index in [1.807, 2.05) is 6.92 Å². The first-order valence-corrected chi connectivity index (χ1v) is 6.35. The molecule has 1 fully saturated rings. The number of allylic oxidation sites excluding steroid dienone is 3. The highest BCUT2D eigenvalue weighted by molar-refractivity contribution is 6.40. The van der Waals surface area contributed by atoms with Crippen LogP contribution in [0, 0.1) is 0 Å². The van der Waals surface area contributed by atoms with Crippen LogP contribution in [0.1, 0.15) is 19.8 Å². The number of hydrogen-bond acceptors (Lipinski definition) is 3. The monoisotopic (exact) mass is 276 g/mol. The highest BCUT2D eigenvalue weighted by atomic mass is 35.5. The van der Waals surface area contributed by atoms with Gasteiger partial charge in [0.15, 0.2) is 12.1 Å². The van der Waals surface area contributed by atoms with E-state index >= 15 is 0 Å². The fourth-order valence-corrected chi connectivity index (χ4v) is 2.52. The average Bonchev–Trinajstić information content (AvgIpc) is 2.86. The summed E-state index contributed by atoms with van der Waals surface area (Å²) < 4.78 is 10.8. The lowest BCUT2D eigenvalue weighted by Crippen LogP contribution is -2.40. The molecule has 1 aliphatic heterocycles. The van der Waals surface area contributed by atoms with Crippen molar-refractivity contribution < 1.29 is 14.3 Å². The van der Waals surface area contributed by atoms with E-state index in [1.165, 1.54) is 0 Å². The molecular weight excluding hydrogens is 263 g/mol. The molecule has 0 aromatic heterocycles. The number of rotatable bonds is 3. The Kier molecular flexibility index (Phi) is 3.93. The maximum atomic E-state index is 11.7. The van der Waals surface area contributed by atoms with Gasteiger partial charge in [0.05, 0.1) is 13.2 Å². The van der Waals surface area contributed by atoms with Crippen LogP contribution in [0.15, 0.2) is 22.8 Å². The zero-order valence-corrected chi connectivity index (χ0v) is 11.1. The molecule has 17 heavy (non-hydrogen) atoms. The molecule has 0 N–H and O–H groups in total. The molecule has 2 rings (SSSR count). The molecule has 1 unspecified atom stereocenters. The molecule has 1 saturated heterocycles. The third-order valence-electron chi connectivity index (χ3n) is 2.95. The summed E-state index contributed by atoms with van der Waals surface area (Å²) in [5.41, 5.74) is 0.672. The Labute approximate surface area is 110 Å². The van der Waals surface area contributed by atoms with E-state index in [0.29, 0.717) is 36.7 Å². The van der Waals surface area contributed by atoms with Crippen molar-refractivity contribution in [1.29, 1.82) is 0 Å². The molecule has 5 heteroatoms. The molecule has 0 amide bonds. The van der Waals surface area contributed by atoms with Crippen LogP contribution in [0.3, 0.4) is 0 Å². The predicted molar refractivity (Wildman–Crippen MR) is 66.2 cm³/mol. The molecule has 3 nitrogen and oxygen atoms in total. The van der Waals surface area contributed by atoms with Gasteiger partial charge in [-0.2, -0.15) is 0 Å². The second-order valence-electron chi connectivity index (χ2n) is 4.10. The third-order valence-corrected chi connectivity index (χ3v) is 4.03. The predicted octanol–water partition coefficient (Wildman–Crippen LogP) is 2.77. The number of Topliss-reactive ketones (excluding diaryl/α,β-unsaturated/α-hetero) is 1. The van der Waals surface area contributed by atoms with Gasteiger partial charge >= 0.3 is 0 Å². The van der Waals surface area contributed by atoms with Crippen molar-refractivity contribution in [3.8, 4) is 0 Å². The van der Waals surface area contributed by atoms with Gasteiger partial charge in [-0.1, -0.05) is 24.6 Å². The van der Waals surface area contributed by atoms with E-state index in [2.05, 4.69) is 0 Å². The highest BCUT2D eigenvalue weighted by Crippen LogP contribution is 2.43. The van der Waals surface area contributed by atoms with Gasteiger partial charge < -0.3 is 9.47 Å². The minimum absolute atomic E-state index is 0.0773. The molecule has 2 aliphatic rings. The Morgan fingerprint density at radius 2 is 2.12 bits per heavy atom. The van der Waals surface area contributed by atoms with Gasteiger partial charge in [0.2, 0.25) is 0 Å². The first-order chi connectivity index (χ1) is 8.08. The van der Waals surface area contributed by atoms with Crippen LogP contribution >= 0.6 is 23.2 Å². The summed E-state index contributed by atoms with van der Waals surface area (Å²) >= 11 is 12.6. The Balaban J connectivity index is 2.23. The Morgan fingerprint density at radius 3 is 2.71 bits per heavy atom. The zero-order chi connectivity index (χ0) is 12.5. The van der Waals surface area contributed by atoms with Crippen molar-refractivity contribution in [2.24, 2.45) is 0 Å².